The van der Waals surface area contributed by atoms with Crippen molar-refractivity contribution in [3.8, 4) is 11.5 Å². The monoisotopic (exact) mass is 354 g/mol. The zero-order chi connectivity index (χ0) is 17.8. The molecule has 1 N–H and O–H groups in total. The Balaban J connectivity index is 1.79. The number of nitrogens with one attached hydrogen (secondary N) is 1. The maximum atomic E-state index is 12.2. The normalized spacial score (nSPS) is 17.0. The van der Waals surface area contributed by atoms with Crippen molar-refractivity contribution >= 4 is 34.6 Å². The second kappa shape index (κ2) is 7.44. The van der Waals surface area contributed by atoms with Crippen LogP contribution >= 0.6 is 11.8 Å². The van der Waals surface area contributed by atoms with Gasteiger partial charge in [0.25, 0.3) is 5.91 Å². The fraction of sp³-hybridized carbons (Fsp3) is 0.158. The van der Waals surface area contributed by atoms with Gasteiger partial charge in [0, 0.05) is 0 Å². The number of ether oxygens (including phenoxy) is 2. The summed E-state index contributed by atoms with van der Waals surface area (Å²) in [5.41, 5.74) is 2.72. The number of methoxy groups -OCH3 is 2. The van der Waals surface area contributed by atoms with Crippen molar-refractivity contribution in [1.29, 1.82) is 0 Å². The van der Waals surface area contributed by atoms with Crippen molar-refractivity contribution < 1.29 is 14.3 Å². The van der Waals surface area contributed by atoms with Crippen LogP contribution in [0.2, 0.25) is 0 Å². The fourth-order valence-corrected chi connectivity index (χ4v) is 3.24. The van der Waals surface area contributed by atoms with Crippen LogP contribution in [0.4, 0.5) is 5.69 Å². The van der Waals surface area contributed by atoms with Crippen LogP contribution in [0.25, 0.3) is 6.08 Å². The van der Waals surface area contributed by atoms with Crippen LogP contribution in [0.1, 0.15) is 11.1 Å². The van der Waals surface area contributed by atoms with Crippen molar-refractivity contribution in [2.24, 2.45) is 4.99 Å². The second-order valence-electron chi connectivity index (χ2n) is 5.41. The summed E-state index contributed by atoms with van der Waals surface area (Å²) >= 11 is 1.32. The van der Waals surface area contributed by atoms with E-state index in [2.05, 4.69) is 10.3 Å². The summed E-state index contributed by atoms with van der Waals surface area (Å²) in [6, 6.07) is 13.1. The number of amidine groups is 1. The molecule has 0 bridgehead atoms. The number of benzene rings is 2. The lowest BCUT2D eigenvalue weighted by molar-refractivity contribution is -0.115. The van der Waals surface area contributed by atoms with Gasteiger partial charge in [-0.2, -0.15) is 0 Å². The minimum Gasteiger partial charge on any atom is -0.497 e. The molecule has 1 fully saturated rings. The Labute approximate surface area is 150 Å². The summed E-state index contributed by atoms with van der Waals surface area (Å²) < 4.78 is 10.4. The van der Waals surface area contributed by atoms with Crippen LogP contribution in [-0.4, -0.2) is 25.3 Å². The zero-order valence-electron chi connectivity index (χ0n) is 14.2. The second-order valence-corrected chi connectivity index (χ2v) is 6.44. The number of amides is 1. The van der Waals surface area contributed by atoms with Gasteiger partial charge in [0.15, 0.2) is 5.17 Å². The molecule has 1 saturated heterocycles. The van der Waals surface area contributed by atoms with Gasteiger partial charge in [0.2, 0.25) is 0 Å². The molecule has 1 aliphatic heterocycles. The predicted octanol–water partition coefficient (Wildman–Crippen LogP) is 3.90. The molecule has 0 aromatic heterocycles. The molecular weight excluding hydrogens is 336 g/mol. The smallest absolute Gasteiger partial charge is 0.264 e. The minimum atomic E-state index is -0.147. The molecule has 1 amide bonds. The van der Waals surface area contributed by atoms with Gasteiger partial charge in [0.05, 0.1) is 24.8 Å². The van der Waals surface area contributed by atoms with Gasteiger partial charge in [0.1, 0.15) is 11.5 Å². The third kappa shape index (κ3) is 4.03. The Morgan fingerprint density at radius 3 is 2.48 bits per heavy atom. The Hall–Kier alpha value is -2.73. The molecule has 2 aromatic rings. The van der Waals surface area contributed by atoms with E-state index in [9.17, 15) is 4.79 Å². The largest absolute Gasteiger partial charge is 0.497 e. The standard InChI is InChI=1S/C19H18N2O3S/c1-12-10-13(4-9-16(12)24-3)11-17-18(22)21-19(25-17)20-14-5-7-15(23-2)8-6-14/h4-11H,1-3H3,(H,20,21,22)/b17-11+. The summed E-state index contributed by atoms with van der Waals surface area (Å²) in [6.07, 6.45) is 1.85. The molecule has 2 aromatic carbocycles. The average molecular weight is 354 g/mol. The zero-order valence-corrected chi connectivity index (χ0v) is 15.0. The molecule has 0 aliphatic carbocycles. The molecule has 1 heterocycles. The van der Waals surface area contributed by atoms with Crippen LogP contribution in [0, 0.1) is 6.92 Å². The Kier molecular flexibility index (Phi) is 5.09. The lowest BCUT2D eigenvalue weighted by Gasteiger charge is -2.04. The van der Waals surface area contributed by atoms with Crippen molar-refractivity contribution in [1.82, 2.24) is 5.32 Å². The molecule has 0 radical (unpaired) electrons. The van der Waals surface area contributed by atoms with Gasteiger partial charge >= 0.3 is 0 Å². The fourth-order valence-electron chi connectivity index (χ4n) is 2.40. The topological polar surface area (TPSA) is 59.9 Å². The summed E-state index contributed by atoms with van der Waals surface area (Å²) in [7, 11) is 3.26. The number of nitrogens with zero attached hydrogens (tertiary/aromatic N) is 1. The van der Waals surface area contributed by atoms with E-state index in [1.807, 2.05) is 55.5 Å². The van der Waals surface area contributed by atoms with Crippen LogP contribution in [0.5, 0.6) is 11.5 Å². The number of aliphatic imine (C=N–C) groups is 1. The lowest BCUT2D eigenvalue weighted by atomic mass is 10.1. The van der Waals surface area contributed by atoms with E-state index in [1.54, 1.807) is 14.2 Å². The number of hydrogen-bond acceptors (Lipinski definition) is 5. The van der Waals surface area contributed by atoms with Gasteiger partial charge in [-0.05, 0) is 72.3 Å². The molecule has 5 nitrogen and oxygen atoms in total. The van der Waals surface area contributed by atoms with Crippen molar-refractivity contribution in [3.63, 3.8) is 0 Å². The highest BCUT2D eigenvalue weighted by atomic mass is 32.2. The van der Waals surface area contributed by atoms with E-state index in [-0.39, 0.29) is 5.91 Å². The van der Waals surface area contributed by atoms with E-state index >= 15 is 0 Å². The average Bonchev–Trinajstić information content (AvgIpc) is 2.95. The van der Waals surface area contributed by atoms with Crippen LogP contribution < -0.4 is 14.8 Å². The van der Waals surface area contributed by atoms with Crippen molar-refractivity contribution in [2.45, 2.75) is 6.92 Å². The molecule has 6 heteroatoms. The van der Waals surface area contributed by atoms with Crippen molar-refractivity contribution in [2.75, 3.05) is 14.2 Å². The maximum absolute atomic E-state index is 12.2. The first-order valence-electron chi connectivity index (χ1n) is 7.67. The molecule has 0 saturated carbocycles. The SMILES string of the molecule is COc1ccc(N=C2NC(=O)/C(=C\c3ccc(OC)c(C)c3)S2)cc1. The number of rotatable bonds is 4. The highest BCUT2D eigenvalue weighted by molar-refractivity contribution is 8.18. The molecule has 128 valence electrons. The minimum absolute atomic E-state index is 0.147. The number of thioether (sulfide) groups is 1. The number of carbonyl (C=O) groups excluding carboxylic acids is 1. The molecule has 1 aliphatic rings. The molecular formula is C19H18N2O3S. The number of carbonyl (C=O) groups is 1. The molecule has 0 atom stereocenters. The third-order valence-corrected chi connectivity index (χ3v) is 4.58. The summed E-state index contributed by atoms with van der Waals surface area (Å²) in [5.74, 6) is 1.45. The van der Waals surface area contributed by atoms with E-state index < -0.39 is 0 Å². The first-order valence-corrected chi connectivity index (χ1v) is 8.49. The third-order valence-electron chi connectivity index (χ3n) is 3.67. The molecule has 0 spiro atoms. The summed E-state index contributed by atoms with van der Waals surface area (Å²) in [5, 5.41) is 3.35. The Morgan fingerprint density at radius 2 is 1.84 bits per heavy atom. The molecule has 3 rings (SSSR count). The van der Waals surface area contributed by atoms with Crippen LogP contribution in [-0.2, 0) is 4.79 Å². The first kappa shape index (κ1) is 17.1. The van der Waals surface area contributed by atoms with Crippen LogP contribution in [0.3, 0.4) is 0 Å². The van der Waals surface area contributed by atoms with E-state index in [4.69, 9.17) is 9.47 Å². The first-order chi connectivity index (χ1) is 12.1. The Morgan fingerprint density at radius 1 is 1.08 bits per heavy atom. The van der Waals surface area contributed by atoms with Gasteiger partial charge < -0.3 is 14.8 Å². The lowest BCUT2D eigenvalue weighted by Crippen LogP contribution is -2.19. The van der Waals surface area contributed by atoms with Crippen LogP contribution in [0.15, 0.2) is 52.4 Å². The predicted molar refractivity (Wildman–Crippen MR) is 102 cm³/mol. The molecule has 0 unspecified atom stereocenters. The number of aryl methyl sites for hydroxylation is 1. The van der Waals surface area contributed by atoms with E-state index in [0.717, 1.165) is 28.3 Å². The van der Waals surface area contributed by atoms with E-state index in [1.165, 1.54) is 11.8 Å². The Bertz CT molecular complexity index is 857. The van der Waals surface area contributed by atoms with Crippen molar-refractivity contribution in [3.05, 3.63) is 58.5 Å². The maximum Gasteiger partial charge on any atom is 0.264 e. The van der Waals surface area contributed by atoms with Gasteiger partial charge in [-0.1, -0.05) is 6.07 Å². The summed E-state index contributed by atoms with van der Waals surface area (Å²) in [4.78, 5) is 17.2. The molecule has 25 heavy (non-hydrogen) atoms. The highest BCUT2D eigenvalue weighted by Gasteiger charge is 2.23. The van der Waals surface area contributed by atoms with Gasteiger partial charge in [-0.3, -0.25) is 4.79 Å². The number of hydrogen-bond donors (Lipinski definition) is 1. The quantitative estimate of drug-likeness (QED) is 0.846. The van der Waals surface area contributed by atoms with Gasteiger partial charge in [-0.15, -0.1) is 0 Å². The summed E-state index contributed by atoms with van der Waals surface area (Å²) in [6.45, 7) is 1.97. The van der Waals surface area contributed by atoms with E-state index in [0.29, 0.717) is 10.1 Å². The van der Waals surface area contributed by atoms with Gasteiger partial charge in [-0.25, -0.2) is 4.99 Å². The highest BCUT2D eigenvalue weighted by Crippen LogP contribution is 2.29.